The van der Waals surface area contributed by atoms with Gasteiger partial charge in [-0.25, -0.2) is 0 Å². The van der Waals surface area contributed by atoms with Crippen LogP contribution in [0.4, 0.5) is 0 Å². The van der Waals surface area contributed by atoms with Gasteiger partial charge in [-0.15, -0.1) is 0 Å². The monoisotopic (exact) mass is 222 g/mol. The van der Waals surface area contributed by atoms with Gasteiger partial charge in [-0.3, -0.25) is 4.98 Å². The second kappa shape index (κ2) is 4.80. The first-order valence-electron chi connectivity index (χ1n) is 5.68. The molecule has 1 aromatic carbocycles. The summed E-state index contributed by atoms with van der Waals surface area (Å²) in [5, 5.41) is 9.15. The Morgan fingerprint density at radius 2 is 1.82 bits per heavy atom. The summed E-state index contributed by atoms with van der Waals surface area (Å²) in [5.74, 6) is 0.273. The number of rotatable bonds is 2. The zero-order valence-corrected chi connectivity index (χ0v) is 10.0. The minimum absolute atomic E-state index is 0.273. The van der Waals surface area contributed by atoms with E-state index in [1.165, 1.54) is 0 Å². The summed E-state index contributed by atoms with van der Waals surface area (Å²) >= 11 is 0. The predicted octanol–water partition coefficient (Wildman–Crippen LogP) is 3.74. The molecule has 2 nitrogen and oxygen atoms in total. The molecule has 17 heavy (non-hydrogen) atoms. The molecule has 1 aromatic heterocycles. The Balaban J connectivity index is 2.50. The molecule has 0 radical (unpaired) electrons. The molecule has 0 amide bonds. The number of hydrogen-bond acceptors (Lipinski definition) is 2. The van der Waals surface area contributed by atoms with Gasteiger partial charge in [0, 0.05) is 11.8 Å². The van der Waals surface area contributed by atoms with E-state index in [1.54, 1.807) is 0 Å². The number of hydrogen-bond donors (Lipinski definition) is 0. The molecular weight excluding hydrogens is 208 g/mol. The number of nitrogens with zero attached hydrogens (tertiary/aromatic N) is 2. The molecule has 2 heteroatoms. The van der Waals surface area contributed by atoms with Crippen LogP contribution in [0.1, 0.15) is 31.0 Å². The maximum atomic E-state index is 9.15. The molecule has 0 saturated heterocycles. The second-order valence-corrected chi connectivity index (χ2v) is 4.29. The lowest BCUT2D eigenvalue weighted by Crippen LogP contribution is -1.97. The van der Waals surface area contributed by atoms with Crippen molar-refractivity contribution in [3.8, 4) is 17.2 Å². The Labute approximate surface area is 102 Å². The lowest BCUT2D eigenvalue weighted by Gasteiger charge is -2.08. The largest absolute Gasteiger partial charge is 0.259 e. The first kappa shape index (κ1) is 11.3. The van der Waals surface area contributed by atoms with Crippen LogP contribution < -0.4 is 0 Å². The van der Waals surface area contributed by atoms with Crippen molar-refractivity contribution >= 4 is 0 Å². The molecule has 0 saturated carbocycles. The van der Waals surface area contributed by atoms with Crippen LogP contribution in [0.3, 0.4) is 0 Å². The maximum Gasteiger partial charge on any atom is 0.101 e. The van der Waals surface area contributed by atoms with Crippen LogP contribution in [0.15, 0.2) is 42.6 Å². The standard InChI is InChI=1S/C15H14N2/c1-11(2)15-13(9-16)8-14(10-17-15)12-6-4-3-5-7-12/h3-8,10-11H,1-2H3. The Morgan fingerprint density at radius 3 is 2.41 bits per heavy atom. The smallest absolute Gasteiger partial charge is 0.101 e. The van der Waals surface area contributed by atoms with E-state index in [0.29, 0.717) is 5.56 Å². The third-order valence-electron chi connectivity index (χ3n) is 2.69. The summed E-state index contributed by atoms with van der Waals surface area (Å²) in [6.07, 6.45) is 1.84. The van der Waals surface area contributed by atoms with Crippen LogP contribution in [-0.2, 0) is 0 Å². The first-order valence-corrected chi connectivity index (χ1v) is 5.68. The molecule has 0 fully saturated rings. The highest BCUT2D eigenvalue weighted by atomic mass is 14.7. The number of nitriles is 1. The molecule has 0 bridgehead atoms. The van der Waals surface area contributed by atoms with E-state index in [1.807, 2.05) is 56.4 Å². The van der Waals surface area contributed by atoms with Gasteiger partial charge in [0.05, 0.1) is 11.3 Å². The van der Waals surface area contributed by atoms with Gasteiger partial charge in [0.2, 0.25) is 0 Å². The highest BCUT2D eigenvalue weighted by molar-refractivity contribution is 5.64. The van der Waals surface area contributed by atoms with E-state index in [2.05, 4.69) is 11.1 Å². The summed E-state index contributed by atoms with van der Waals surface area (Å²) in [6, 6.07) is 14.1. The van der Waals surface area contributed by atoms with Gasteiger partial charge in [-0.2, -0.15) is 5.26 Å². The van der Waals surface area contributed by atoms with Crippen molar-refractivity contribution in [1.82, 2.24) is 4.98 Å². The van der Waals surface area contributed by atoms with E-state index in [0.717, 1.165) is 16.8 Å². The van der Waals surface area contributed by atoms with E-state index < -0.39 is 0 Å². The van der Waals surface area contributed by atoms with Crippen molar-refractivity contribution in [2.75, 3.05) is 0 Å². The summed E-state index contributed by atoms with van der Waals surface area (Å²) in [4.78, 5) is 4.40. The zero-order chi connectivity index (χ0) is 12.3. The second-order valence-electron chi connectivity index (χ2n) is 4.29. The lowest BCUT2D eigenvalue weighted by atomic mass is 10.0. The fraction of sp³-hybridized carbons (Fsp3) is 0.200. The Bertz CT molecular complexity index is 551. The molecule has 0 aliphatic carbocycles. The number of aromatic nitrogens is 1. The van der Waals surface area contributed by atoms with Crippen LogP contribution in [0.2, 0.25) is 0 Å². The quantitative estimate of drug-likeness (QED) is 0.776. The predicted molar refractivity (Wildman–Crippen MR) is 68.5 cm³/mol. The van der Waals surface area contributed by atoms with E-state index in [-0.39, 0.29) is 5.92 Å². The molecule has 2 aromatic rings. The Hall–Kier alpha value is -2.14. The molecule has 0 atom stereocenters. The normalized spacial score (nSPS) is 10.2. The van der Waals surface area contributed by atoms with Gasteiger partial charge in [-0.1, -0.05) is 44.2 Å². The highest BCUT2D eigenvalue weighted by Gasteiger charge is 2.09. The van der Waals surface area contributed by atoms with Crippen LogP contribution >= 0.6 is 0 Å². The minimum Gasteiger partial charge on any atom is -0.259 e. The highest BCUT2D eigenvalue weighted by Crippen LogP contribution is 2.23. The van der Waals surface area contributed by atoms with Gasteiger partial charge < -0.3 is 0 Å². The Kier molecular flexibility index (Phi) is 3.20. The average molecular weight is 222 g/mol. The van der Waals surface area contributed by atoms with Crippen LogP contribution in [0, 0.1) is 11.3 Å². The summed E-state index contributed by atoms with van der Waals surface area (Å²) in [6.45, 7) is 4.09. The van der Waals surface area contributed by atoms with Gasteiger partial charge in [0.25, 0.3) is 0 Å². The third-order valence-corrected chi connectivity index (χ3v) is 2.69. The van der Waals surface area contributed by atoms with E-state index >= 15 is 0 Å². The molecule has 2 rings (SSSR count). The van der Waals surface area contributed by atoms with Gasteiger partial charge in [-0.05, 0) is 17.5 Å². The van der Waals surface area contributed by atoms with Crippen molar-refractivity contribution in [1.29, 1.82) is 5.26 Å². The molecule has 0 aliphatic rings. The van der Waals surface area contributed by atoms with Gasteiger partial charge in [0.15, 0.2) is 0 Å². The topological polar surface area (TPSA) is 36.7 Å². The van der Waals surface area contributed by atoms with Crippen molar-refractivity contribution in [2.45, 2.75) is 19.8 Å². The number of benzene rings is 1. The molecular formula is C15H14N2. The van der Waals surface area contributed by atoms with Gasteiger partial charge >= 0.3 is 0 Å². The molecule has 0 spiro atoms. The van der Waals surface area contributed by atoms with Crippen molar-refractivity contribution < 1.29 is 0 Å². The summed E-state index contributed by atoms with van der Waals surface area (Å²) in [5.41, 5.74) is 3.62. The van der Waals surface area contributed by atoms with E-state index in [4.69, 9.17) is 5.26 Å². The first-order chi connectivity index (χ1) is 8.22. The van der Waals surface area contributed by atoms with Crippen molar-refractivity contribution in [3.05, 3.63) is 53.9 Å². The molecule has 0 unspecified atom stereocenters. The minimum atomic E-state index is 0.273. The molecule has 1 heterocycles. The maximum absolute atomic E-state index is 9.15. The van der Waals surface area contributed by atoms with Crippen LogP contribution in [-0.4, -0.2) is 4.98 Å². The molecule has 0 aliphatic heterocycles. The SMILES string of the molecule is CC(C)c1ncc(-c2ccccc2)cc1C#N. The fourth-order valence-corrected chi connectivity index (χ4v) is 1.81. The van der Waals surface area contributed by atoms with E-state index in [9.17, 15) is 0 Å². The average Bonchev–Trinajstić information content (AvgIpc) is 2.39. The van der Waals surface area contributed by atoms with Crippen molar-refractivity contribution in [2.24, 2.45) is 0 Å². The fourth-order valence-electron chi connectivity index (χ4n) is 1.81. The molecule has 0 N–H and O–H groups in total. The zero-order valence-electron chi connectivity index (χ0n) is 10.0. The van der Waals surface area contributed by atoms with Crippen molar-refractivity contribution in [3.63, 3.8) is 0 Å². The van der Waals surface area contributed by atoms with Crippen LogP contribution in [0.25, 0.3) is 11.1 Å². The lowest BCUT2D eigenvalue weighted by molar-refractivity contribution is 0.819. The summed E-state index contributed by atoms with van der Waals surface area (Å²) < 4.78 is 0. The number of pyridine rings is 1. The van der Waals surface area contributed by atoms with Gasteiger partial charge in [0.1, 0.15) is 6.07 Å². The molecule has 84 valence electrons. The van der Waals surface area contributed by atoms with Crippen LogP contribution in [0.5, 0.6) is 0 Å². The summed E-state index contributed by atoms with van der Waals surface area (Å²) in [7, 11) is 0. The third kappa shape index (κ3) is 2.34. The Morgan fingerprint density at radius 1 is 1.12 bits per heavy atom.